The first-order valence-electron chi connectivity index (χ1n) is 7.49. The molecular weight excluding hydrogens is 332 g/mol. The van der Waals surface area contributed by atoms with Gasteiger partial charge in [0.05, 0.1) is 18.6 Å². The quantitative estimate of drug-likeness (QED) is 0.788. The van der Waals surface area contributed by atoms with Crippen LogP contribution in [0.2, 0.25) is 0 Å². The summed E-state index contributed by atoms with van der Waals surface area (Å²) in [6.45, 7) is 0. The van der Waals surface area contributed by atoms with Crippen molar-refractivity contribution in [3.63, 3.8) is 0 Å². The molecule has 1 aliphatic heterocycles. The Labute approximate surface area is 135 Å². The molecule has 0 fully saturated rings. The van der Waals surface area contributed by atoms with E-state index < -0.39 is 6.10 Å². The van der Waals surface area contributed by atoms with Gasteiger partial charge in [0.2, 0.25) is 0 Å². The second kappa shape index (κ2) is 5.33. The van der Waals surface area contributed by atoms with Crippen molar-refractivity contribution in [1.82, 2.24) is 0 Å². The molecule has 0 amide bonds. The minimum absolute atomic E-state index is 0. The summed E-state index contributed by atoms with van der Waals surface area (Å²) in [6.07, 6.45) is 9.13. The zero-order valence-corrected chi connectivity index (χ0v) is 13.9. The molecular formula is C17H21BrO3. The summed E-state index contributed by atoms with van der Waals surface area (Å²) in [6, 6.07) is 4.21. The molecule has 3 aliphatic rings. The number of hydrogen-bond donors (Lipinski definition) is 1. The molecule has 21 heavy (non-hydrogen) atoms. The summed E-state index contributed by atoms with van der Waals surface area (Å²) < 4.78 is 11.7. The van der Waals surface area contributed by atoms with Crippen LogP contribution in [0.3, 0.4) is 0 Å². The third-order valence-electron chi connectivity index (χ3n) is 5.09. The van der Waals surface area contributed by atoms with Crippen LogP contribution < -0.4 is 9.47 Å². The fourth-order valence-electron chi connectivity index (χ4n) is 4.14. The molecule has 2 aliphatic carbocycles. The van der Waals surface area contributed by atoms with Gasteiger partial charge >= 0.3 is 0 Å². The molecule has 0 saturated heterocycles. The Morgan fingerprint density at radius 2 is 2.19 bits per heavy atom. The van der Waals surface area contributed by atoms with Crippen LogP contribution in [-0.2, 0) is 11.8 Å². The van der Waals surface area contributed by atoms with Crippen molar-refractivity contribution < 1.29 is 14.6 Å². The Morgan fingerprint density at radius 1 is 1.33 bits per heavy atom. The van der Waals surface area contributed by atoms with Crippen molar-refractivity contribution in [2.24, 2.45) is 0 Å². The van der Waals surface area contributed by atoms with Crippen LogP contribution in [0.5, 0.6) is 11.5 Å². The van der Waals surface area contributed by atoms with Gasteiger partial charge in [0, 0.05) is 12.0 Å². The highest BCUT2D eigenvalue weighted by molar-refractivity contribution is 8.93. The number of aliphatic hydroxyl groups excluding tert-OH is 1. The Bertz CT molecular complexity index is 584. The largest absolute Gasteiger partial charge is 0.493 e. The lowest BCUT2D eigenvalue weighted by molar-refractivity contribution is 0.0842. The lowest BCUT2D eigenvalue weighted by atomic mass is 9.69. The first-order chi connectivity index (χ1) is 9.74. The number of benzene rings is 1. The smallest absolute Gasteiger partial charge is 0.166 e. The van der Waals surface area contributed by atoms with Gasteiger partial charge < -0.3 is 14.6 Å². The third kappa shape index (κ3) is 2.03. The van der Waals surface area contributed by atoms with E-state index in [4.69, 9.17) is 9.47 Å². The first-order valence-corrected chi connectivity index (χ1v) is 7.49. The summed E-state index contributed by atoms with van der Waals surface area (Å²) in [4.78, 5) is 0. The van der Waals surface area contributed by atoms with Gasteiger partial charge in [0.25, 0.3) is 0 Å². The van der Waals surface area contributed by atoms with Gasteiger partial charge in [0.15, 0.2) is 11.5 Å². The molecule has 1 N–H and O–H groups in total. The van der Waals surface area contributed by atoms with Crippen LogP contribution in [0.4, 0.5) is 0 Å². The van der Waals surface area contributed by atoms with Crippen molar-refractivity contribution in [2.75, 3.05) is 7.11 Å². The van der Waals surface area contributed by atoms with Gasteiger partial charge in [-0.2, -0.15) is 0 Å². The van der Waals surface area contributed by atoms with Crippen LogP contribution in [0.1, 0.15) is 36.8 Å². The van der Waals surface area contributed by atoms with Gasteiger partial charge in [-0.3, -0.25) is 0 Å². The highest BCUT2D eigenvalue weighted by Gasteiger charge is 2.51. The second-order valence-electron chi connectivity index (χ2n) is 6.15. The molecule has 0 radical (unpaired) electrons. The molecule has 114 valence electrons. The van der Waals surface area contributed by atoms with Crippen molar-refractivity contribution in [3.05, 3.63) is 35.4 Å². The minimum Gasteiger partial charge on any atom is -0.493 e. The second-order valence-corrected chi connectivity index (χ2v) is 6.15. The molecule has 0 bridgehead atoms. The number of ether oxygens (including phenoxy) is 2. The van der Waals surface area contributed by atoms with Crippen LogP contribution >= 0.6 is 17.0 Å². The lowest BCUT2D eigenvalue weighted by Gasteiger charge is -2.35. The highest BCUT2D eigenvalue weighted by Crippen LogP contribution is 2.56. The van der Waals surface area contributed by atoms with Gasteiger partial charge in [-0.1, -0.05) is 24.6 Å². The molecule has 0 saturated carbocycles. The standard InChI is InChI=1S/C17H20O3.BrH/c1-19-13-6-5-11-4-2-3-8-17-9-7-12(18)10-14(17)20-16(13)15(11)17;/h5-7,9,12,14,18H,2-4,8,10H2,1H3;1H/t12-,14-,17+;/m0./s1. The molecule has 3 atom stereocenters. The Balaban J connectivity index is 0.00000132. The predicted molar refractivity (Wildman–Crippen MR) is 86.7 cm³/mol. The summed E-state index contributed by atoms with van der Waals surface area (Å²) in [5, 5.41) is 9.93. The molecule has 3 nitrogen and oxygen atoms in total. The van der Waals surface area contributed by atoms with Crippen molar-refractivity contribution >= 4 is 17.0 Å². The van der Waals surface area contributed by atoms with E-state index in [9.17, 15) is 5.11 Å². The van der Waals surface area contributed by atoms with Gasteiger partial charge in [0.1, 0.15) is 6.10 Å². The number of methoxy groups -OCH3 is 1. The van der Waals surface area contributed by atoms with Crippen LogP contribution in [0, 0.1) is 0 Å². The maximum Gasteiger partial charge on any atom is 0.166 e. The minimum atomic E-state index is -0.391. The summed E-state index contributed by atoms with van der Waals surface area (Å²) in [5.41, 5.74) is 2.67. The van der Waals surface area contributed by atoms with E-state index in [1.807, 2.05) is 12.1 Å². The molecule has 1 aromatic carbocycles. The zero-order valence-electron chi connectivity index (χ0n) is 12.2. The van der Waals surface area contributed by atoms with Gasteiger partial charge in [-0.15, -0.1) is 17.0 Å². The Kier molecular flexibility index (Phi) is 3.78. The Morgan fingerprint density at radius 3 is 3.00 bits per heavy atom. The average molecular weight is 353 g/mol. The molecule has 1 spiro atoms. The summed E-state index contributed by atoms with van der Waals surface area (Å²) in [5.74, 6) is 1.73. The molecule has 0 aromatic heterocycles. The zero-order chi connectivity index (χ0) is 13.7. The fourth-order valence-corrected chi connectivity index (χ4v) is 4.14. The van der Waals surface area contributed by atoms with E-state index in [-0.39, 0.29) is 28.5 Å². The van der Waals surface area contributed by atoms with E-state index in [0.29, 0.717) is 6.42 Å². The summed E-state index contributed by atoms with van der Waals surface area (Å²) >= 11 is 0. The van der Waals surface area contributed by atoms with E-state index in [1.165, 1.54) is 24.0 Å². The topological polar surface area (TPSA) is 38.7 Å². The van der Waals surface area contributed by atoms with Gasteiger partial charge in [-0.05, 0) is 30.9 Å². The normalized spacial score (nSPS) is 32.3. The molecule has 0 unspecified atom stereocenters. The van der Waals surface area contributed by atoms with Crippen molar-refractivity contribution in [1.29, 1.82) is 0 Å². The van der Waals surface area contributed by atoms with E-state index >= 15 is 0 Å². The first kappa shape index (κ1) is 14.9. The SMILES string of the molecule is Br.COc1ccc2c3c1O[C@H]1C[C@@H](O)C=C[C@@]31CCCC2. The number of rotatable bonds is 1. The summed E-state index contributed by atoms with van der Waals surface area (Å²) in [7, 11) is 1.69. The highest BCUT2D eigenvalue weighted by atomic mass is 79.9. The number of aryl methyl sites for hydroxylation is 1. The van der Waals surface area contributed by atoms with Crippen LogP contribution in [-0.4, -0.2) is 24.4 Å². The number of hydrogen-bond acceptors (Lipinski definition) is 3. The van der Waals surface area contributed by atoms with Crippen LogP contribution in [0.15, 0.2) is 24.3 Å². The fraction of sp³-hybridized carbons (Fsp3) is 0.529. The van der Waals surface area contributed by atoms with Crippen molar-refractivity contribution in [3.8, 4) is 11.5 Å². The lowest BCUT2D eigenvalue weighted by Crippen LogP contribution is -2.41. The average Bonchev–Trinajstić information content (AvgIpc) is 2.66. The molecule has 4 rings (SSSR count). The molecule has 4 heteroatoms. The van der Waals surface area contributed by atoms with Crippen LogP contribution in [0.25, 0.3) is 0 Å². The van der Waals surface area contributed by atoms with Crippen molar-refractivity contribution in [2.45, 2.75) is 49.7 Å². The Hall–Kier alpha value is -1.00. The molecule has 1 heterocycles. The van der Waals surface area contributed by atoms with E-state index in [1.54, 1.807) is 7.11 Å². The monoisotopic (exact) mass is 352 g/mol. The van der Waals surface area contributed by atoms with Gasteiger partial charge in [-0.25, -0.2) is 0 Å². The molecule has 1 aromatic rings. The number of halogens is 1. The predicted octanol–water partition coefficient (Wildman–Crippen LogP) is 3.32. The third-order valence-corrected chi connectivity index (χ3v) is 5.09. The van der Waals surface area contributed by atoms with E-state index in [2.05, 4.69) is 12.1 Å². The number of aliphatic hydroxyl groups is 1. The van der Waals surface area contributed by atoms with E-state index in [0.717, 1.165) is 24.3 Å². The maximum absolute atomic E-state index is 9.93. The maximum atomic E-state index is 9.93.